The average Bonchev–Trinajstić information content (AvgIpc) is 2.69. The molecular weight excluding hydrogens is 190 g/mol. The first-order chi connectivity index (χ1) is 7.16. The van der Waals surface area contributed by atoms with Gasteiger partial charge in [0.25, 0.3) is 5.56 Å². The maximum absolute atomic E-state index is 11.4. The molecule has 0 aromatic carbocycles. The van der Waals surface area contributed by atoms with Gasteiger partial charge in [-0.05, 0) is 19.4 Å². The van der Waals surface area contributed by atoms with Crippen LogP contribution < -0.4 is 10.9 Å². The molecular formula is C11H17N3O. The Morgan fingerprint density at radius 1 is 1.53 bits per heavy atom. The van der Waals surface area contributed by atoms with Gasteiger partial charge in [0.2, 0.25) is 0 Å². The summed E-state index contributed by atoms with van der Waals surface area (Å²) >= 11 is 0. The molecule has 1 fully saturated rings. The van der Waals surface area contributed by atoms with Gasteiger partial charge in [-0.25, -0.2) is 4.98 Å². The van der Waals surface area contributed by atoms with E-state index in [-0.39, 0.29) is 17.5 Å². The van der Waals surface area contributed by atoms with E-state index in [0.717, 1.165) is 30.9 Å². The number of nitrogens with one attached hydrogen (secondary N) is 2. The smallest absolute Gasteiger partial charge is 0.251 e. The third kappa shape index (κ3) is 2.26. The lowest BCUT2D eigenvalue weighted by atomic mass is 10.1. The molecule has 0 spiro atoms. The highest BCUT2D eigenvalue weighted by atomic mass is 16.1. The molecule has 15 heavy (non-hydrogen) atoms. The Morgan fingerprint density at radius 2 is 2.33 bits per heavy atom. The molecule has 4 nitrogen and oxygen atoms in total. The molecule has 1 atom stereocenters. The first-order valence-corrected chi connectivity index (χ1v) is 5.51. The van der Waals surface area contributed by atoms with Crippen LogP contribution in [-0.4, -0.2) is 16.5 Å². The summed E-state index contributed by atoms with van der Waals surface area (Å²) in [6, 6.07) is 1.87. The van der Waals surface area contributed by atoms with E-state index in [0.29, 0.717) is 0 Å². The first-order valence-electron chi connectivity index (χ1n) is 5.51. The van der Waals surface area contributed by atoms with Gasteiger partial charge in [-0.1, -0.05) is 13.8 Å². The first kappa shape index (κ1) is 10.4. The fourth-order valence-corrected chi connectivity index (χ4v) is 1.88. The number of nitrogens with zero attached hydrogens (tertiary/aromatic N) is 1. The van der Waals surface area contributed by atoms with Gasteiger partial charge in [0.15, 0.2) is 0 Å². The maximum Gasteiger partial charge on any atom is 0.251 e. The van der Waals surface area contributed by atoms with Gasteiger partial charge in [-0.15, -0.1) is 0 Å². The predicted molar refractivity (Wildman–Crippen MR) is 58.9 cm³/mol. The summed E-state index contributed by atoms with van der Waals surface area (Å²) in [5.41, 5.74) is 0.845. The van der Waals surface area contributed by atoms with Crippen molar-refractivity contribution in [3.05, 3.63) is 27.9 Å². The highest BCUT2D eigenvalue weighted by molar-refractivity contribution is 5.10. The average molecular weight is 207 g/mol. The summed E-state index contributed by atoms with van der Waals surface area (Å²) < 4.78 is 0. The van der Waals surface area contributed by atoms with Crippen molar-refractivity contribution in [2.45, 2.75) is 38.6 Å². The molecule has 0 unspecified atom stereocenters. The standard InChI is InChI=1S/C11H17N3O/c1-7(2)11-13-9(6-10(15)14-11)8-4-3-5-12-8/h6-8,12H,3-5H2,1-2H3,(H,13,14,15)/t8-/m0/s1. The van der Waals surface area contributed by atoms with E-state index in [1.54, 1.807) is 6.07 Å². The molecule has 1 aliphatic heterocycles. The highest BCUT2D eigenvalue weighted by Gasteiger charge is 2.18. The molecule has 2 heterocycles. The topological polar surface area (TPSA) is 57.8 Å². The Bertz CT molecular complexity index is 391. The molecule has 0 bridgehead atoms. The Morgan fingerprint density at radius 3 is 2.93 bits per heavy atom. The van der Waals surface area contributed by atoms with Crippen molar-refractivity contribution in [1.82, 2.24) is 15.3 Å². The minimum Gasteiger partial charge on any atom is -0.310 e. The summed E-state index contributed by atoms with van der Waals surface area (Å²) in [5, 5.41) is 3.35. The SMILES string of the molecule is CC(C)c1nc([C@@H]2CCCN2)cc(=O)[nH]1. The normalized spacial score (nSPS) is 21.1. The summed E-state index contributed by atoms with van der Waals surface area (Å²) in [6.07, 6.45) is 2.24. The zero-order chi connectivity index (χ0) is 10.8. The van der Waals surface area contributed by atoms with Gasteiger partial charge in [-0.3, -0.25) is 4.79 Å². The van der Waals surface area contributed by atoms with Crippen LogP contribution in [0, 0.1) is 0 Å². The largest absolute Gasteiger partial charge is 0.310 e. The summed E-state index contributed by atoms with van der Waals surface area (Å²) in [4.78, 5) is 18.7. The number of hydrogen-bond acceptors (Lipinski definition) is 3. The van der Waals surface area contributed by atoms with Crippen LogP contribution in [-0.2, 0) is 0 Å². The van der Waals surface area contributed by atoms with Crippen LogP contribution in [0.5, 0.6) is 0 Å². The second-order valence-corrected chi connectivity index (χ2v) is 4.36. The number of aromatic nitrogens is 2. The fraction of sp³-hybridized carbons (Fsp3) is 0.636. The number of hydrogen-bond donors (Lipinski definition) is 2. The molecule has 0 saturated carbocycles. The number of rotatable bonds is 2. The zero-order valence-electron chi connectivity index (χ0n) is 9.21. The van der Waals surface area contributed by atoms with Crippen LogP contribution in [0.1, 0.15) is 50.2 Å². The molecule has 1 saturated heterocycles. The Labute approximate surface area is 89.1 Å². The molecule has 2 rings (SSSR count). The molecule has 0 radical (unpaired) electrons. The van der Waals surface area contributed by atoms with Crippen molar-refractivity contribution in [1.29, 1.82) is 0 Å². The van der Waals surface area contributed by atoms with E-state index in [2.05, 4.69) is 15.3 Å². The van der Waals surface area contributed by atoms with E-state index < -0.39 is 0 Å². The van der Waals surface area contributed by atoms with Crippen LogP contribution >= 0.6 is 0 Å². The Kier molecular flexibility index (Phi) is 2.86. The minimum absolute atomic E-state index is 0.0441. The van der Waals surface area contributed by atoms with E-state index in [1.807, 2.05) is 13.8 Å². The molecule has 2 N–H and O–H groups in total. The summed E-state index contributed by atoms with van der Waals surface area (Å²) in [7, 11) is 0. The second-order valence-electron chi connectivity index (χ2n) is 4.36. The maximum atomic E-state index is 11.4. The summed E-state index contributed by atoms with van der Waals surface area (Å²) in [6.45, 7) is 5.09. The fourth-order valence-electron chi connectivity index (χ4n) is 1.88. The van der Waals surface area contributed by atoms with E-state index in [4.69, 9.17) is 0 Å². The third-order valence-corrected chi connectivity index (χ3v) is 2.74. The third-order valence-electron chi connectivity index (χ3n) is 2.74. The monoisotopic (exact) mass is 207 g/mol. The van der Waals surface area contributed by atoms with Crippen LogP contribution in [0.4, 0.5) is 0 Å². The lowest BCUT2D eigenvalue weighted by Gasteiger charge is -2.11. The minimum atomic E-state index is -0.0441. The lowest BCUT2D eigenvalue weighted by Crippen LogP contribution is -2.20. The molecule has 1 aromatic heterocycles. The van der Waals surface area contributed by atoms with Crippen LogP contribution in [0.25, 0.3) is 0 Å². The Balaban J connectivity index is 2.34. The van der Waals surface area contributed by atoms with Crippen molar-refractivity contribution in [3.8, 4) is 0 Å². The van der Waals surface area contributed by atoms with Crippen LogP contribution in [0.15, 0.2) is 10.9 Å². The quantitative estimate of drug-likeness (QED) is 0.769. The molecule has 1 aromatic rings. The van der Waals surface area contributed by atoms with Crippen molar-refractivity contribution < 1.29 is 0 Å². The predicted octanol–water partition coefficient (Wildman–Crippen LogP) is 1.32. The lowest BCUT2D eigenvalue weighted by molar-refractivity contribution is 0.611. The van der Waals surface area contributed by atoms with Crippen molar-refractivity contribution in [3.63, 3.8) is 0 Å². The number of aromatic amines is 1. The van der Waals surface area contributed by atoms with Crippen molar-refractivity contribution >= 4 is 0 Å². The van der Waals surface area contributed by atoms with Gasteiger partial charge in [0.05, 0.1) is 5.69 Å². The van der Waals surface area contributed by atoms with E-state index in [9.17, 15) is 4.79 Å². The van der Waals surface area contributed by atoms with E-state index >= 15 is 0 Å². The van der Waals surface area contributed by atoms with Crippen molar-refractivity contribution in [2.24, 2.45) is 0 Å². The van der Waals surface area contributed by atoms with Gasteiger partial charge in [-0.2, -0.15) is 0 Å². The molecule has 4 heteroatoms. The van der Waals surface area contributed by atoms with Crippen LogP contribution in [0.3, 0.4) is 0 Å². The van der Waals surface area contributed by atoms with Gasteiger partial charge in [0.1, 0.15) is 5.82 Å². The van der Waals surface area contributed by atoms with Gasteiger partial charge < -0.3 is 10.3 Å². The molecule has 82 valence electrons. The second kappa shape index (κ2) is 4.14. The van der Waals surface area contributed by atoms with E-state index in [1.165, 1.54) is 0 Å². The van der Waals surface area contributed by atoms with Crippen molar-refractivity contribution in [2.75, 3.05) is 6.54 Å². The Hall–Kier alpha value is -1.16. The molecule has 1 aliphatic rings. The van der Waals surface area contributed by atoms with Gasteiger partial charge >= 0.3 is 0 Å². The molecule has 0 aliphatic carbocycles. The summed E-state index contributed by atoms with van der Waals surface area (Å²) in [5.74, 6) is 1.05. The van der Waals surface area contributed by atoms with Crippen LogP contribution in [0.2, 0.25) is 0 Å². The zero-order valence-corrected chi connectivity index (χ0v) is 9.21. The number of H-pyrrole nitrogens is 1. The van der Waals surface area contributed by atoms with Gasteiger partial charge in [0, 0.05) is 18.0 Å². The highest BCUT2D eigenvalue weighted by Crippen LogP contribution is 2.20. The molecule has 0 amide bonds.